The van der Waals surface area contributed by atoms with Crippen LogP contribution in [0, 0.1) is 11.2 Å². The van der Waals surface area contributed by atoms with Crippen LogP contribution < -0.4 is 10.6 Å². The smallest absolute Gasteiger partial charge is 0.239 e. The molecule has 0 unspecified atom stereocenters. The molecule has 1 aromatic carbocycles. The van der Waals surface area contributed by atoms with Crippen molar-refractivity contribution in [2.75, 3.05) is 11.9 Å². The Morgan fingerprint density at radius 3 is 2.61 bits per heavy atom. The summed E-state index contributed by atoms with van der Waals surface area (Å²) in [5.74, 6) is -0.517. The van der Waals surface area contributed by atoms with Crippen LogP contribution in [-0.2, 0) is 4.79 Å². The highest BCUT2D eigenvalue weighted by Crippen LogP contribution is 2.43. The van der Waals surface area contributed by atoms with E-state index in [9.17, 15) is 9.18 Å². The van der Waals surface area contributed by atoms with Crippen molar-refractivity contribution in [2.24, 2.45) is 11.1 Å². The van der Waals surface area contributed by atoms with Gasteiger partial charge in [0, 0.05) is 12.7 Å². The average molecular weight is 266 g/mol. The van der Waals surface area contributed by atoms with Gasteiger partial charge in [-0.25, -0.2) is 4.39 Å². The van der Waals surface area contributed by atoms with Crippen molar-refractivity contribution in [1.29, 1.82) is 0 Å². The van der Waals surface area contributed by atoms with E-state index in [1.807, 2.05) is 0 Å². The van der Waals surface area contributed by atoms with Gasteiger partial charge in [-0.1, -0.05) is 24.7 Å². The molecule has 1 aromatic rings. The van der Waals surface area contributed by atoms with E-state index >= 15 is 0 Å². The van der Waals surface area contributed by atoms with E-state index in [0.29, 0.717) is 18.5 Å². The monoisotopic (exact) mass is 266 g/mol. The van der Waals surface area contributed by atoms with Crippen LogP contribution in [0.2, 0.25) is 0 Å². The highest BCUT2D eigenvalue weighted by atomic mass is 32.1. The summed E-state index contributed by atoms with van der Waals surface area (Å²) in [6.07, 6.45) is 2.31. The van der Waals surface area contributed by atoms with E-state index in [1.165, 1.54) is 17.0 Å². The molecule has 1 amide bonds. The molecule has 1 fully saturated rings. The zero-order chi connectivity index (χ0) is 13.3. The van der Waals surface area contributed by atoms with E-state index in [1.54, 1.807) is 19.2 Å². The van der Waals surface area contributed by atoms with Crippen LogP contribution >= 0.6 is 12.2 Å². The Hall–Kier alpha value is -1.49. The second-order valence-corrected chi connectivity index (χ2v) is 5.08. The Bertz CT molecular complexity index is 500. The van der Waals surface area contributed by atoms with Crippen molar-refractivity contribution in [3.8, 4) is 0 Å². The third kappa shape index (κ3) is 1.99. The molecule has 0 heterocycles. The topological polar surface area (TPSA) is 46.3 Å². The van der Waals surface area contributed by atoms with Gasteiger partial charge in [0.05, 0.1) is 10.4 Å². The molecule has 0 aliphatic heterocycles. The quantitative estimate of drug-likeness (QED) is 0.853. The lowest BCUT2D eigenvalue weighted by Gasteiger charge is -2.41. The van der Waals surface area contributed by atoms with E-state index in [4.69, 9.17) is 18.0 Å². The molecule has 0 saturated heterocycles. The van der Waals surface area contributed by atoms with Gasteiger partial charge in [-0.15, -0.1) is 0 Å². The predicted molar refractivity (Wildman–Crippen MR) is 72.9 cm³/mol. The molecule has 5 heteroatoms. The summed E-state index contributed by atoms with van der Waals surface area (Å²) < 4.78 is 13.2. The summed E-state index contributed by atoms with van der Waals surface area (Å²) in [7, 11) is 1.62. The van der Waals surface area contributed by atoms with Crippen molar-refractivity contribution in [3.63, 3.8) is 0 Å². The Balaban J connectivity index is 2.26. The minimum atomic E-state index is -0.726. The summed E-state index contributed by atoms with van der Waals surface area (Å²) in [6, 6.07) is 5.92. The normalized spacial score (nSPS) is 16.8. The molecular weight excluding hydrogens is 251 g/mol. The van der Waals surface area contributed by atoms with Gasteiger partial charge < -0.3 is 10.6 Å². The largest absolute Gasteiger partial charge is 0.392 e. The lowest BCUT2D eigenvalue weighted by Crippen LogP contribution is -2.53. The van der Waals surface area contributed by atoms with Crippen molar-refractivity contribution in [1.82, 2.24) is 0 Å². The molecular formula is C13H15FN2OS. The fourth-order valence-corrected chi connectivity index (χ4v) is 2.51. The Labute approximate surface area is 111 Å². The first kappa shape index (κ1) is 13.0. The van der Waals surface area contributed by atoms with Gasteiger partial charge >= 0.3 is 0 Å². The number of nitrogens with two attached hydrogens (primary N) is 1. The summed E-state index contributed by atoms with van der Waals surface area (Å²) in [6.45, 7) is 0. The molecule has 1 aliphatic carbocycles. The van der Waals surface area contributed by atoms with Crippen LogP contribution in [0.3, 0.4) is 0 Å². The molecule has 1 saturated carbocycles. The van der Waals surface area contributed by atoms with Crippen LogP contribution in [0.25, 0.3) is 0 Å². The van der Waals surface area contributed by atoms with Crippen LogP contribution in [0.5, 0.6) is 0 Å². The summed E-state index contributed by atoms with van der Waals surface area (Å²) in [5.41, 5.74) is 5.48. The fourth-order valence-electron chi connectivity index (χ4n) is 2.22. The van der Waals surface area contributed by atoms with E-state index in [-0.39, 0.29) is 16.7 Å². The number of hydrogen-bond acceptors (Lipinski definition) is 2. The number of amides is 1. The maximum atomic E-state index is 13.2. The fraction of sp³-hybridized carbons (Fsp3) is 0.385. The summed E-state index contributed by atoms with van der Waals surface area (Å²) in [5, 5.41) is 0. The molecule has 2 N–H and O–H groups in total. The highest BCUT2D eigenvalue weighted by molar-refractivity contribution is 7.80. The molecule has 18 heavy (non-hydrogen) atoms. The third-order valence-electron chi connectivity index (χ3n) is 3.59. The summed E-state index contributed by atoms with van der Waals surface area (Å²) >= 11 is 5.01. The van der Waals surface area contributed by atoms with Crippen molar-refractivity contribution in [2.45, 2.75) is 19.3 Å². The number of benzene rings is 1. The maximum absolute atomic E-state index is 13.2. The maximum Gasteiger partial charge on any atom is 0.239 e. The van der Waals surface area contributed by atoms with Gasteiger partial charge in [0.25, 0.3) is 0 Å². The average Bonchev–Trinajstić information content (AvgIpc) is 2.25. The predicted octanol–water partition coefficient (Wildman–Crippen LogP) is 2.24. The number of halogens is 1. The lowest BCUT2D eigenvalue weighted by atomic mass is 9.67. The van der Waals surface area contributed by atoms with Crippen molar-refractivity contribution >= 4 is 28.8 Å². The minimum absolute atomic E-state index is 0.146. The lowest BCUT2D eigenvalue weighted by molar-refractivity contribution is -0.127. The highest BCUT2D eigenvalue weighted by Gasteiger charge is 2.48. The number of thiocarbonyl (C=S) groups is 1. The number of nitrogens with zero attached hydrogens (tertiary/aromatic N) is 1. The van der Waals surface area contributed by atoms with Crippen LogP contribution in [0.15, 0.2) is 24.3 Å². The first-order valence-electron chi connectivity index (χ1n) is 5.81. The third-order valence-corrected chi connectivity index (χ3v) is 3.98. The van der Waals surface area contributed by atoms with Crippen molar-refractivity contribution < 1.29 is 9.18 Å². The zero-order valence-corrected chi connectivity index (χ0v) is 11.0. The zero-order valence-electron chi connectivity index (χ0n) is 10.1. The molecule has 0 spiro atoms. The van der Waals surface area contributed by atoms with Gasteiger partial charge in [0.1, 0.15) is 5.82 Å². The Morgan fingerprint density at radius 2 is 2.17 bits per heavy atom. The standard InChI is InChI=1S/C13H15FN2OS/c1-16(10-5-2-4-9(14)8-10)12(17)13(11(15)18)6-3-7-13/h2,4-5,8H,3,6-7H2,1H3,(H2,15,18). The first-order valence-corrected chi connectivity index (χ1v) is 6.22. The minimum Gasteiger partial charge on any atom is -0.392 e. The molecule has 0 atom stereocenters. The summed E-state index contributed by atoms with van der Waals surface area (Å²) in [4.78, 5) is 14.1. The first-order chi connectivity index (χ1) is 8.47. The van der Waals surface area contributed by atoms with Crippen LogP contribution in [0.1, 0.15) is 19.3 Å². The van der Waals surface area contributed by atoms with Crippen LogP contribution in [0.4, 0.5) is 10.1 Å². The molecule has 0 bridgehead atoms. The van der Waals surface area contributed by atoms with Gasteiger partial charge in [-0.3, -0.25) is 4.79 Å². The molecule has 0 aromatic heterocycles. The second kappa shape index (κ2) is 4.65. The van der Waals surface area contributed by atoms with Crippen LogP contribution in [-0.4, -0.2) is 17.9 Å². The SMILES string of the molecule is CN(C(=O)C1(C(N)=S)CCC1)c1cccc(F)c1. The van der Waals surface area contributed by atoms with E-state index in [0.717, 1.165) is 6.42 Å². The van der Waals surface area contributed by atoms with E-state index in [2.05, 4.69) is 0 Å². The number of rotatable bonds is 3. The van der Waals surface area contributed by atoms with Gasteiger partial charge in [-0.05, 0) is 31.0 Å². The van der Waals surface area contributed by atoms with Gasteiger partial charge in [0.2, 0.25) is 5.91 Å². The number of hydrogen-bond donors (Lipinski definition) is 1. The van der Waals surface area contributed by atoms with E-state index < -0.39 is 5.41 Å². The Kier molecular flexibility index (Phi) is 3.34. The number of carbonyl (C=O) groups is 1. The second-order valence-electron chi connectivity index (χ2n) is 4.64. The molecule has 3 nitrogen and oxygen atoms in total. The molecule has 0 radical (unpaired) electrons. The number of carbonyl (C=O) groups excluding carboxylic acids is 1. The molecule has 1 aliphatic rings. The molecule has 2 rings (SSSR count). The Morgan fingerprint density at radius 1 is 1.50 bits per heavy atom. The molecule has 96 valence electrons. The van der Waals surface area contributed by atoms with Crippen molar-refractivity contribution in [3.05, 3.63) is 30.1 Å². The van der Waals surface area contributed by atoms with Gasteiger partial charge in [-0.2, -0.15) is 0 Å². The van der Waals surface area contributed by atoms with Gasteiger partial charge in [0.15, 0.2) is 0 Å². The number of anilines is 1.